The van der Waals surface area contributed by atoms with Gasteiger partial charge in [0.05, 0.1) is 0 Å². The molecule has 0 aromatic rings. The summed E-state index contributed by atoms with van der Waals surface area (Å²) in [5.41, 5.74) is 0. The van der Waals surface area contributed by atoms with Crippen LogP contribution in [0.15, 0.2) is 0 Å². The van der Waals surface area contributed by atoms with E-state index < -0.39 is 16.6 Å². The Kier molecular flexibility index (Phi) is 20.0. The van der Waals surface area contributed by atoms with Gasteiger partial charge in [-0.3, -0.25) is 0 Å². The SMILES string of the molecule is CCCCC(CC)[C](=O)[Ti]([C](=O)C(CC)CCCC)([C](=O)C(CC)CCCC)[C](=O)C(CC)CCCC. The summed E-state index contributed by atoms with van der Waals surface area (Å²) in [6, 6.07) is 0. The van der Waals surface area contributed by atoms with Crippen LogP contribution in [-0.2, 0) is 35.8 Å². The number of carbonyl (C=O) groups is 4. The third-order valence-corrected chi connectivity index (χ3v) is 15.7. The Labute approximate surface area is 233 Å². The first-order valence-electron chi connectivity index (χ1n) is 15.9. The topological polar surface area (TPSA) is 68.3 Å². The van der Waals surface area contributed by atoms with E-state index in [-0.39, 0.29) is 40.0 Å². The molecule has 0 fully saturated rings. The quantitative estimate of drug-likeness (QED) is 0.111. The van der Waals surface area contributed by atoms with Crippen LogP contribution in [0, 0.1) is 23.7 Å². The first-order chi connectivity index (χ1) is 17.7. The number of rotatable bonds is 24. The van der Waals surface area contributed by atoms with E-state index in [4.69, 9.17) is 0 Å². The molecule has 4 atom stereocenters. The molecule has 0 radical (unpaired) electrons. The van der Waals surface area contributed by atoms with Crippen molar-refractivity contribution < 1.29 is 35.8 Å². The fourth-order valence-electron chi connectivity index (χ4n) is 5.84. The van der Waals surface area contributed by atoms with Gasteiger partial charge in [0.15, 0.2) is 0 Å². The molecule has 0 spiro atoms. The van der Waals surface area contributed by atoms with E-state index in [1.54, 1.807) is 0 Å². The average Bonchev–Trinajstić information content (AvgIpc) is 2.90. The second kappa shape index (κ2) is 20.3. The van der Waals surface area contributed by atoms with Gasteiger partial charge in [-0.15, -0.1) is 0 Å². The Hall–Kier alpha value is -0.606. The van der Waals surface area contributed by atoms with Gasteiger partial charge < -0.3 is 0 Å². The van der Waals surface area contributed by atoms with Gasteiger partial charge in [0.1, 0.15) is 0 Å². The molecule has 0 aliphatic heterocycles. The minimum absolute atomic E-state index is 0.184. The molecule has 0 amide bonds. The van der Waals surface area contributed by atoms with Crippen LogP contribution < -0.4 is 0 Å². The predicted molar refractivity (Wildman–Crippen MR) is 153 cm³/mol. The van der Waals surface area contributed by atoms with Crippen LogP contribution in [0.4, 0.5) is 0 Å². The molecule has 4 unspecified atom stereocenters. The van der Waals surface area contributed by atoms with Crippen LogP contribution in [0.3, 0.4) is 0 Å². The molecular weight excluding hydrogens is 496 g/mol. The molecule has 0 saturated heterocycles. The maximum absolute atomic E-state index is 14.7. The van der Waals surface area contributed by atoms with Gasteiger partial charge in [-0.05, 0) is 0 Å². The molecule has 0 aliphatic carbocycles. The summed E-state index contributed by atoms with van der Waals surface area (Å²) in [7, 11) is 0. The number of hydrogen-bond donors (Lipinski definition) is 0. The van der Waals surface area contributed by atoms with Crippen molar-refractivity contribution in [3.05, 3.63) is 0 Å². The molecule has 0 aromatic heterocycles. The monoisotopic (exact) mass is 556 g/mol. The van der Waals surface area contributed by atoms with Gasteiger partial charge in [0.2, 0.25) is 0 Å². The third-order valence-electron chi connectivity index (χ3n) is 8.56. The normalized spacial score (nSPS) is 16.4. The Bertz CT molecular complexity index is 569. The minimum atomic E-state index is -5.06. The summed E-state index contributed by atoms with van der Waals surface area (Å²) < 4.78 is -0.738. The zero-order valence-corrected chi connectivity index (χ0v) is 27.3. The standard InChI is InChI=1S/4C8H15O.Ti/c4*1-3-5-6-8(4-2)7-9;/h4*8H,3-6H2,1-2H3;. The van der Waals surface area contributed by atoms with E-state index in [1.807, 2.05) is 27.7 Å². The Morgan fingerprint density at radius 2 is 0.595 bits per heavy atom. The molecule has 4 nitrogen and oxygen atoms in total. The van der Waals surface area contributed by atoms with E-state index in [9.17, 15) is 19.2 Å². The molecule has 0 aromatic carbocycles. The zero-order chi connectivity index (χ0) is 28.4. The Balaban J connectivity index is 7.28. The van der Waals surface area contributed by atoms with E-state index >= 15 is 0 Å². The molecule has 0 bridgehead atoms. The maximum atomic E-state index is 14.7. The predicted octanol–water partition coefficient (Wildman–Crippen LogP) is 9.11. The van der Waals surface area contributed by atoms with Crippen molar-refractivity contribution in [2.24, 2.45) is 23.7 Å². The van der Waals surface area contributed by atoms with Gasteiger partial charge in [-0.2, -0.15) is 0 Å². The van der Waals surface area contributed by atoms with E-state index in [2.05, 4.69) is 27.7 Å². The van der Waals surface area contributed by atoms with Crippen LogP contribution in [0.1, 0.15) is 158 Å². The molecule has 37 heavy (non-hydrogen) atoms. The first-order valence-corrected chi connectivity index (χ1v) is 19.0. The zero-order valence-electron chi connectivity index (χ0n) is 25.8. The van der Waals surface area contributed by atoms with E-state index in [0.29, 0.717) is 51.4 Å². The van der Waals surface area contributed by atoms with Crippen molar-refractivity contribution in [3.8, 4) is 0 Å². The summed E-state index contributed by atoms with van der Waals surface area (Å²) in [6.07, 6.45) is 12.4. The second-order valence-electron chi connectivity index (χ2n) is 11.2. The van der Waals surface area contributed by atoms with Crippen molar-refractivity contribution in [2.45, 2.75) is 158 Å². The van der Waals surface area contributed by atoms with E-state index in [0.717, 1.165) is 51.4 Å². The third kappa shape index (κ3) is 9.82. The fraction of sp³-hybridized carbons (Fsp3) is 0.875. The molecule has 216 valence electrons. The number of hydrogen-bond acceptors (Lipinski definition) is 4. The molecule has 5 heteroatoms. The molecule has 0 heterocycles. The summed E-state index contributed by atoms with van der Waals surface area (Å²) >= 11 is -5.06. The van der Waals surface area contributed by atoms with Gasteiger partial charge in [-0.1, -0.05) is 0 Å². The Morgan fingerprint density at radius 3 is 0.730 bits per heavy atom. The molecular formula is C32H60O4Ti. The molecule has 0 saturated carbocycles. The molecule has 0 aliphatic rings. The first kappa shape index (κ1) is 36.4. The average molecular weight is 557 g/mol. The number of unbranched alkanes of at least 4 members (excludes halogenated alkanes) is 4. The van der Waals surface area contributed by atoms with Crippen LogP contribution in [0.5, 0.6) is 0 Å². The summed E-state index contributed by atoms with van der Waals surface area (Å²) in [4.78, 5) is 58.9. The van der Waals surface area contributed by atoms with Crippen molar-refractivity contribution in [1.29, 1.82) is 0 Å². The van der Waals surface area contributed by atoms with Gasteiger partial charge in [0.25, 0.3) is 0 Å². The van der Waals surface area contributed by atoms with Crippen LogP contribution in [0.2, 0.25) is 0 Å². The van der Waals surface area contributed by atoms with Crippen molar-refractivity contribution in [2.75, 3.05) is 0 Å². The molecule has 0 rings (SSSR count). The van der Waals surface area contributed by atoms with Gasteiger partial charge >= 0.3 is 234 Å². The second-order valence-corrected chi connectivity index (χ2v) is 16.6. The van der Waals surface area contributed by atoms with Crippen molar-refractivity contribution >= 4 is 16.4 Å². The van der Waals surface area contributed by atoms with Gasteiger partial charge in [-0.25, -0.2) is 0 Å². The summed E-state index contributed by atoms with van der Waals surface area (Å²) in [5, 5.41) is 0. The van der Waals surface area contributed by atoms with Crippen LogP contribution in [-0.4, -0.2) is 16.4 Å². The number of carbonyl (C=O) groups excluding carboxylic acids is 4. The summed E-state index contributed by atoms with van der Waals surface area (Å²) in [5.74, 6) is -1.42. The van der Waals surface area contributed by atoms with Crippen molar-refractivity contribution in [1.82, 2.24) is 0 Å². The Morgan fingerprint density at radius 1 is 0.405 bits per heavy atom. The van der Waals surface area contributed by atoms with Crippen molar-refractivity contribution in [3.63, 3.8) is 0 Å². The molecule has 0 N–H and O–H groups in total. The van der Waals surface area contributed by atoms with E-state index in [1.165, 1.54) is 0 Å². The van der Waals surface area contributed by atoms with Crippen LogP contribution in [0.25, 0.3) is 0 Å². The van der Waals surface area contributed by atoms with Gasteiger partial charge in [0, 0.05) is 0 Å². The fourth-order valence-corrected chi connectivity index (χ4v) is 14.1. The van der Waals surface area contributed by atoms with Crippen LogP contribution >= 0.6 is 0 Å². The summed E-state index contributed by atoms with van der Waals surface area (Å²) in [6.45, 7) is 16.3.